The van der Waals surface area contributed by atoms with Gasteiger partial charge in [0, 0.05) is 22.5 Å². The monoisotopic (exact) mass is 343 g/mol. The molecule has 0 radical (unpaired) electrons. The summed E-state index contributed by atoms with van der Waals surface area (Å²) in [6.45, 7) is 5.41. The molecule has 0 spiro atoms. The van der Waals surface area contributed by atoms with E-state index in [4.69, 9.17) is 4.74 Å². The molecule has 0 bridgehead atoms. The van der Waals surface area contributed by atoms with E-state index >= 15 is 0 Å². The summed E-state index contributed by atoms with van der Waals surface area (Å²) in [5.74, 6) is 0.657. The van der Waals surface area contributed by atoms with Crippen LogP contribution in [0.3, 0.4) is 0 Å². The summed E-state index contributed by atoms with van der Waals surface area (Å²) in [4.78, 5) is 15.2. The first-order valence-corrected chi connectivity index (χ1v) is 8.14. The van der Waals surface area contributed by atoms with Crippen molar-refractivity contribution in [2.75, 3.05) is 18.8 Å². The van der Waals surface area contributed by atoms with Crippen LogP contribution in [0.2, 0.25) is 0 Å². The van der Waals surface area contributed by atoms with Gasteiger partial charge in [0.05, 0.1) is 18.0 Å². The molecule has 1 amide bonds. The number of nitrogens with zero attached hydrogens (tertiary/aromatic N) is 1. The van der Waals surface area contributed by atoms with Gasteiger partial charge < -0.3 is 9.64 Å². The molecule has 0 N–H and O–H groups in total. The molecule has 1 aliphatic rings. The van der Waals surface area contributed by atoms with Crippen LogP contribution in [-0.2, 0) is 9.53 Å². The molecule has 2 rings (SSSR count). The molecule has 2 atom stereocenters. The van der Waals surface area contributed by atoms with Gasteiger partial charge in [0.15, 0.2) is 0 Å². The molecule has 1 heterocycles. The lowest BCUT2D eigenvalue weighted by Crippen LogP contribution is -2.48. The van der Waals surface area contributed by atoms with Crippen molar-refractivity contribution in [2.24, 2.45) is 0 Å². The van der Waals surface area contributed by atoms with Gasteiger partial charge in [-0.05, 0) is 41.9 Å². The lowest BCUT2D eigenvalue weighted by Gasteiger charge is -2.35. The smallest absolute Gasteiger partial charge is 0.233 e. The zero-order chi connectivity index (χ0) is 13.8. The molecule has 1 saturated heterocycles. The van der Waals surface area contributed by atoms with Gasteiger partial charge in [-0.15, -0.1) is 11.8 Å². The fourth-order valence-electron chi connectivity index (χ4n) is 2.17. The highest BCUT2D eigenvalue weighted by Gasteiger charge is 2.25. The lowest BCUT2D eigenvalue weighted by molar-refractivity contribution is -0.140. The van der Waals surface area contributed by atoms with Crippen LogP contribution in [0.15, 0.2) is 33.6 Å². The zero-order valence-corrected chi connectivity index (χ0v) is 13.5. The molecule has 19 heavy (non-hydrogen) atoms. The maximum absolute atomic E-state index is 12.2. The number of thioether (sulfide) groups is 1. The van der Waals surface area contributed by atoms with Crippen molar-refractivity contribution in [2.45, 2.75) is 31.0 Å². The molecule has 1 aliphatic heterocycles. The van der Waals surface area contributed by atoms with Crippen LogP contribution in [0.5, 0.6) is 0 Å². The number of halogens is 1. The molecule has 5 heteroatoms. The predicted molar refractivity (Wildman–Crippen MR) is 81.5 cm³/mol. The number of rotatable bonds is 3. The third-order valence-corrected chi connectivity index (χ3v) is 4.97. The topological polar surface area (TPSA) is 29.5 Å². The van der Waals surface area contributed by atoms with Crippen molar-refractivity contribution < 1.29 is 9.53 Å². The Morgan fingerprint density at radius 1 is 1.37 bits per heavy atom. The van der Waals surface area contributed by atoms with E-state index in [2.05, 4.69) is 15.9 Å². The van der Waals surface area contributed by atoms with Crippen molar-refractivity contribution in [3.63, 3.8) is 0 Å². The minimum Gasteiger partial charge on any atom is -0.372 e. The van der Waals surface area contributed by atoms with Gasteiger partial charge in [0.2, 0.25) is 5.91 Å². The summed E-state index contributed by atoms with van der Waals surface area (Å²) in [6, 6.07) is 7.97. The lowest BCUT2D eigenvalue weighted by atomic mass is 10.2. The molecule has 0 aliphatic carbocycles. The predicted octanol–water partition coefficient (Wildman–Crippen LogP) is 3.18. The highest BCUT2D eigenvalue weighted by molar-refractivity contribution is 9.10. The van der Waals surface area contributed by atoms with E-state index < -0.39 is 0 Å². The SMILES string of the molecule is CC1CN(C(=O)CSc2ccccc2Br)CC(C)O1. The number of benzene rings is 1. The average Bonchev–Trinajstić information content (AvgIpc) is 2.36. The van der Waals surface area contributed by atoms with Crippen LogP contribution >= 0.6 is 27.7 Å². The van der Waals surface area contributed by atoms with Crippen LogP contribution < -0.4 is 0 Å². The highest BCUT2D eigenvalue weighted by Crippen LogP contribution is 2.27. The number of morpholine rings is 1. The van der Waals surface area contributed by atoms with Crippen LogP contribution in [0, 0.1) is 0 Å². The zero-order valence-electron chi connectivity index (χ0n) is 11.1. The Morgan fingerprint density at radius 3 is 2.63 bits per heavy atom. The molecule has 0 saturated carbocycles. The fourth-order valence-corrected chi connectivity index (χ4v) is 3.64. The molecule has 3 nitrogen and oxygen atoms in total. The van der Waals surface area contributed by atoms with Gasteiger partial charge in [-0.3, -0.25) is 4.79 Å². The van der Waals surface area contributed by atoms with E-state index in [1.54, 1.807) is 11.8 Å². The van der Waals surface area contributed by atoms with Crippen molar-refractivity contribution in [1.82, 2.24) is 4.90 Å². The van der Waals surface area contributed by atoms with Crippen molar-refractivity contribution >= 4 is 33.6 Å². The molecule has 2 unspecified atom stereocenters. The van der Waals surface area contributed by atoms with Gasteiger partial charge >= 0.3 is 0 Å². The number of amides is 1. The van der Waals surface area contributed by atoms with Gasteiger partial charge in [-0.1, -0.05) is 12.1 Å². The van der Waals surface area contributed by atoms with Crippen molar-refractivity contribution in [1.29, 1.82) is 0 Å². The number of ether oxygens (including phenoxy) is 1. The van der Waals surface area contributed by atoms with Gasteiger partial charge in [-0.2, -0.15) is 0 Å². The Bertz CT molecular complexity index is 445. The van der Waals surface area contributed by atoms with Crippen LogP contribution in [0.4, 0.5) is 0 Å². The van der Waals surface area contributed by atoms with E-state index in [0.29, 0.717) is 18.8 Å². The Balaban J connectivity index is 1.89. The van der Waals surface area contributed by atoms with E-state index in [1.165, 1.54) is 0 Å². The van der Waals surface area contributed by atoms with E-state index in [-0.39, 0.29) is 18.1 Å². The maximum atomic E-state index is 12.2. The van der Waals surface area contributed by atoms with E-state index in [1.807, 2.05) is 43.0 Å². The third kappa shape index (κ3) is 4.23. The van der Waals surface area contributed by atoms with Gasteiger partial charge in [0.1, 0.15) is 0 Å². The molecule has 104 valence electrons. The number of carbonyl (C=O) groups is 1. The first-order chi connectivity index (χ1) is 9.06. The van der Waals surface area contributed by atoms with Crippen LogP contribution in [0.25, 0.3) is 0 Å². The Morgan fingerprint density at radius 2 is 2.00 bits per heavy atom. The summed E-state index contributed by atoms with van der Waals surface area (Å²) in [5.41, 5.74) is 0. The van der Waals surface area contributed by atoms with Gasteiger partial charge in [0.25, 0.3) is 0 Å². The normalized spacial score (nSPS) is 23.4. The Kier molecular flexibility index (Phi) is 5.30. The summed E-state index contributed by atoms with van der Waals surface area (Å²) in [7, 11) is 0. The fraction of sp³-hybridized carbons (Fsp3) is 0.500. The first kappa shape index (κ1) is 14.9. The average molecular weight is 344 g/mol. The number of carbonyl (C=O) groups excluding carboxylic acids is 1. The minimum absolute atomic E-state index is 0.126. The number of hydrogen-bond donors (Lipinski definition) is 0. The second-order valence-corrected chi connectivity index (χ2v) is 6.65. The summed E-state index contributed by atoms with van der Waals surface area (Å²) < 4.78 is 6.68. The molecule has 1 aromatic rings. The minimum atomic E-state index is 0.126. The van der Waals surface area contributed by atoms with Crippen molar-refractivity contribution in [3.8, 4) is 0 Å². The molecule has 1 aromatic carbocycles. The standard InChI is InChI=1S/C14H18BrNO2S/c1-10-7-16(8-11(2)18-10)14(17)9-19-13-6-4-3-5-12(13)15/h3-6,10-11H,7-9H2,1-2H3. The Hall–Kier alpha value is -0.520. The summed E-state index contributed by atoms with van der Waals surface area (Å²) >= 11 is 5.07. The second-order valence-electron chi connectivity index (χ2n) is 4.78. The maximum Gasteiger partial charge on any atom is 0.233 e. The Labute approximate surface area is 126 Å². The quantitative estimate of drug-likeness (QED) is 0.789. The molecule has 1 fully saturated rings. The van der Waals surface area contributed by atoms with Crippen LogP contribution in [-0.4, -0.2) is 41.9 Å². The van der Waals surface area contributed by atoms with Crippen LogP contribution in [0.1, 0.15) is 13.8 Å². The molecule has 0 aromatic heterocycles. The highest BCUT2D eigenvalue weighted by atomic mass is 79.9. The van der Waals surface area contributed by atoms with Crippen molar-refractivity contribution in [3.05, 3.63) is 28.7 Å². The molecular formula is C14H18BrNO2S. The summed E-state index contributed by atoms with van der Waals surface area (Å²) in [6.07, 6.45) is 0.252. The van der Waals surface area contributed by atoms with E-state index in [9.17, 15) is 4.79 Å². The molecular weight excluding hydrogens is 326 g/mol. The summed E-state index contributed by atoms with van der Waals surface area (Å²) in [5, 5.41) is 0. The second kappa shape index (κ2) is 6.77. The third-order valence-electron chi connectivity index (χ3n) is 2.96. The first-order valence-electron chi connectivity index (χ1n) is 6.37. The van der Waals surface area contributed by atoms with Gasteiger partial charge in [-0.25, -0.2) is 0 Å². The van der Waals surface area contributed by atoms with E-state index in [0.717, 1.165) is 9.37 Å². The largest absolute Gasteiger partial charge is 0.372 e. The number of hydrogen-bond acceptors (Lipinski definition) is 3.